The van der Waals surface area contributed by atoms with Crippen molar-refractivity contribution in [2.75, 3.05) is 0 Å². The summed E-state index contributed by atoms with van der Waals surface area (Å²) < 4.78 is 0. The van der Waals surface area contributed by atoms with Gasteiger partial charge in [0.2, 0.25) is 17.7 Å². The molecular formula is C26H34N4O6. The van der Waals surface area contributed by atoms with Crippen molar-refractivity contribution in [2.24, 2.45) is 11.7 Å². The minimum Gasteiger partial charge on any atom is -0.508 e. The molecule has 2 rings (SSSR count). The minimum atomic E-state index is -1.19. The highest BCUT2D eigenvalue weighted by Crippen LogP contribution is 2.11. The summed E-state index contributed by atoms with van der Waals surface area (Å²) in [5, 5.41) is 26.6. The van der Waals surface area contributed by atoms with Crippen molar-refractivity contribution in [3.05, 3.63) is 65.7 Å². The third-order valence-corrected chi connectivity index (χ3v) is 5.62. The number of benzene rings is 2. The second-order valence-corrected chi connectivity index (χ2v) is 9.03. The molecule has 0 radical (unpaired) electrons. The summed E-state index contributed by atoms with van der Waals surface area (Å²) in [6.45, 7) is 4.90. The zero-order valence-corrected chi connectivity index (χ0v) is 20.6. The van der Waals surface area contributed by atoms with Crippen molar-refractivity contribution in [3.63, 3.8) is 0 Å². The molecule has 36 heavy (non-hydrogen) atoms. The van der Waals surface area contributed by atoms with Crippen LogP contribution >= 0.6 is 0 Å². The summed E-state index contributed by atoms with van der Waals surface area (Å²) in [4.78, 5) is 49.8. The summed E-state index contributed by atoms with van der Waals surface area (Å²) in [6.07, 6.45) is 0.293. The average molecular weight is 499 g/mol. The molecule has 4 atom stereocenters. The zero-order chi connectivity index (χ0) is 26.8. The van der Waals surface area contributed by atoms with Gasteiger partial charge in [-0.1, -0.05) is 56.3 Å². The first kappa shape index (κ1) is 28.3. The normalized spacial score (nSPS) is 14.2. The van der Waals surface area contributed by atoms with E-state index >= 15 is 0 Å². The van der Waals surface area contributed by atoms with Crippen LogP contribution in [0, 0.1) is 5.92 Å². The number of phenolic OH excluding ortho intramolecular Hbond substituents is 1. The van der Waals surface area contributed by atoms with Gasteiger partial charge in [-0.15, -0.1) is 0 Å². The number of hydrogen-bond acceptors (Lipinski definition) is 6. The molecule has 0 aliphatic heterocycles. The number of carboxylic acid groups (broad SMARTS) is 1. The Balaban J connectivity index is 1.96. The van der Waals surface area contributed by atoms with E-state index in [1.807, 2.05) is 6.07 Å². The summed E-state index contributed by atoms with van der Waals surface area (Å²) in [5.74, 6) is -3.23. The van der Waals surface area contributed by atoms with E-state index in [9.17, 15) is 29.4 Å². The third-order valence-electron chi connectivity index (χ3n) is 5.62. The van der Waals surface area contributed by atoms with E-state index in [1.165, 1.54) is 19.1 Å². The van der Waals surface area contributed by atoms with Crippen LogP contribution in [0.1, 0.15) is 31.9 Å². The minimum absolute atomic E-state index is 0.0893. The van der Waals surface area contributed by atoms with Gasteiger partial charge in [-0.3, -0.25) is 14.4 Å². The predicted molar refractivity (Wildman–Crippen MR) is 134 cm³/mol. The number of nitrogens with two attached hydrogens (primary N) is 1. The van der Waals surface area contributed by atoms with Crippen LogP contribution in [0.15, 0.2) is 54.6 Å². The lowest BCUT2D eigenvalue weighted by molar-refractivity contribution is -0.142. The van der Waals surface area contributed by atoms with Crippen molar-refractivity contribution >= 4 is 23.7 Å². The monoisotopic (exact) mass is 498 g/mol. The van der Waals surface area contributed by atoms with E-state index < -0.39 is 47.9 Å². The molecule has 10 heteroatoms. The number of hydrogen-bond donors (Lipinski definition) is 6. The largest absolute Gasteiger partial charge is 0.508 e. The molecule has 0 spiro atoms. The van der Waals surface area contributed by atoms with Crippen LogP contribution in [0.3, 0.4) is 0 Å². The van der Waals surface area contributed by atoms with Gasteiger partial charge in [-0.05, 0) is 42.5 Å². The molecule has 0 bridgehead atoms. The first-order chi connectivity index (χ1) is 17.0. The maximum Gasteiger partial charge on any atom is 0.326 e. The number of carbonyl (C=O) groups is 4. The van der Waals surface area contributed by atoms with Crippen LogP contribution in [-0.4, -0.2) is 58.1 Å². The third kappa shape index (κ3) is 8.70. The van der Waals surface area contributed by atoms with Crippen molar-refractivity contribution in [1.29, 1.82) is 0 Å². The Hall–Kier alpha value is -3.92. The van der Waals surface area contributed by atoms with E-state index in [1.54, 1.807) is 50.2 Å². The Morgan fingerprint density at radius 1 is 0.778 bits per heavy atom. The van der Waals surface area contributed by atoms with Gasteiger partial charge in [0.05, 0.1) is 6.04 Å². The topological polar surface area (TPSA) is 171 Å². The Morgan fingerprint density at radius 2 is 1.36 bits per heavy atom. The van der Waals surface area contributed by atoms with E-state index in [0.29, 0.717) is 0 Å². The fraction of sp³-hybridized carbons (Fsp3) is 0.385. The molecule has 4 unspecified atom stereocenters. The van der Waals surface area contributed by atoms with Crippen LogP contribution < -0.4 is 21.7 Å². The van der Waals surface area contributed by atoms with Crippen molar-refractivity contribution in [1.82, 2.24) is 16.0 Å². The summed E-state index contributed by atoms with van der Waals surface area (Å²) >= 11 is 0. The van der Waals surface area contributed by atoms with Gasteiger partial charge in [0.25, 0.3) is 0 Å². The number of carbonyl (C=O) groups excluding carboxylic acids is 3. The molecule has 2 aromatic carbocycles. The van der Waals surface area contributed by atoms with Gasteiger partial charge in [-0.2, -0.15) is 0 Å². The van der Waals surface area contributed by atoms with Gasteiger partial charge in [0, 0.05) is 6.42 Å². The van der Waals surface area contributed by atoms with Crippen molar-refractivity contribution < 1.29 is 29.4 Å². The lowest BCUT2D eigenvalue weighted by atomic mass is 10.0. The maximum atomic E-state index is 12.9. The summed E-state index contributed by atoms with van der Waals surface area (Å²) in [7, 11) is 0. The van der Waals surface area contributed by atoms with E-state index in [0.717, 1.165) is 11.1 Å². The second-order valence-electron chi connectivity index (χ2n) is 9.03. The molecule has 0 aliphatic carbocycles. The Morgan fingerprint density at radius 3 is 1.92 bits per heavy atom. The predicted octanol–water partition coefficient (Wildman–Crippen LogP) is 0.720. The lowest BCUT2D eigenvalue weighted by Crippen LogP contribution is -2.58. The molecule has 0 aromatic heterocycles. The molecule has 0 aliphatic rings. The first-order valence-electron chi connectivity index (χ1n) is 11.7. The van der Waals surface area contributed by atoms with E-state index in [-0.39, 0.29) is 24.5 Å². The smallest absolute Gasteiger partial charge is 0.326 e. The van der Waals surface area contributed by atoms with E-state index in [2.05, 4.69) is 16.0 Å². The second kappa shape index (κ2) is 13.2. The maximum absolute atomic E-state index is 12.9. The summed E-state index contributed by atoms with van der Waals surface area (Å²) in [6, 6.07) is 11.1. The fourth-order valence-electron chi connectivity index (χ4n) is 3.49. The lowest BCUT2D eigenvalue weighted by Gasteiger charge is -2.26. The Bertz CT molecular complexity index is 1040. The first-order valence-corrected chi connectivity index (χ1v) is 11.7. The van der Waals surface area contributed by atoms with Gasteiger partial charge in [-0.25, -0.2) is 4.79 Å². The Kier molecular flexibility index (Phi) is 10.4. The molecule has 0 fully saturated rings. The quantitative estimate of drug-likeness (QED) is 0.250. The number of carboxylic acids is 1. The highest BCUT2D eigenvalue weighted by molar-refractivity contribution is 5.94. The molecular weight excluding hydrogens is 464 g/mol. The Labute approximate surface area is 210 Å². The average Bonchev–Trinajstić information content (AvgIpc) is 2.83. The molecule has 2 aromatic rings. The highest BCUT2D eigenvalue weighted by Gasteiger charge is 2.30. The number of amides is 3. The van der Waals surface area contributed by atoms with Crippen LogP contribution in [0.4, 0.5) is 0 Å². The molecule has 10 nitrogen and oxygen atoms in total. The molecule has 3 amide bonds. The SMILES string of the molecule is CC(NC(=O)C(N)Cc1ccc(O)cc1)C(=O)NC(C(=O)NC(Cc1ccccc1)C(=O)O)C(C)C. The molecule has 0 saturated heterocycles. The number of nitrogens with one attached hydrogen (secondary N) is 3. The number of phenols is 1. The van der Waals surface area contributed by atoms with Crippen molar-refractivity contribution in [2.45, 2.75) is 57.8 Å². The highest BCUT2D eigenvalue weighted by atomic mass is 16.4. The van der Waals surface area contributed by atoms with Gasteiger partial charge in [0.1, 0.15) is 23.9 Å². The van der Waals surface area contributed by atoms with Crippen LogP contribution in [0.2, 0.25) is 0 Å². The van der Waals surface area contributed by atoms with E-state index in [4.69, 9.17) is 5.73 Å². The number of rotatable bonds is 12. The van der Waals surface area contributed by atoms with Gasteiger partial charge in [0.15, 0.2) is 0 Å². The van der Waals surface area contributed by atoms with Gasteiger partial charge >= 0.3 is 5.97 Å². The van der Waals surface area contributed by atoms with Crippen LogP contribution in [0.5, 0.6) is 5.75 Å². The van der Waals surface area contributed by atoms with Crippen molar-refractivity contribution in [3.8, 4) is 5.75 Å². The number of aliphatic carboxylic acids is 1. The van der Waals surface area contributed by atoms with Gasteiger partial charge < -0.3 is 31.9 Å². The standard InChI is InChI=1S/C26H34N4O6/c1-15(2)22(25(34)29-21(26(35)36)14-17-7-5-4-6-8-17)30-23(32)16(3)28-24(33)20(27)13-18-9-11-19(31)12-10-18/h4-12,15-16,20-22,31H,13-14,27H2,1-3H3,(H,28,33)(H,29,34)(H,30,32)(H,35,36). The molecule has 7 N–H and O–H groups in total. The molecule has 0 saturated carbocycles. The van der Waals surface area contributed by atoms with Crippen LogP contribution in [-0.2, 0) is 32.0 Å². The fourth-order valence-corrected chi connectivity index (χ4v) is 3.49. The van der Waals surface area contributed by atoms with Crippen LogP contribution in [0.25, 0.3) is 0 Å². The summed E-state index contributed by atoms with van der Waals surface area (Å²) in [5.41, 5.74) is 7.44. The molecule has 194 valence electrons. The number of aromatic hydroxyl groups is 1. The molecule has 0 heterocycles. The zero-order valence-electron chi connectivity index (χ0n) is 20.6.